The molecule has 1 amide bonds. The minimum Gasteiger partial charge on any atom is -0.375 e. The monoisotopic (exact) mass is 418 g/mol. The van der Waals surface area contributed by atoms with Crippen LogP contribution in [0.3, 0.4) is 0 Å². The average Bonchev–Trinajstić information content (AvgIpc) is 3.26. The van der Waals surface area contributed by atoms with Crippen LogP contribution in [0.5, 0.6) is 0 Å². The van der Waals surface area contributed by atoms with Gasteiger partial charge in [0, 0.05) is 17.8 Å². The van der Waals surface area contributed by atoms with Crippen LogP contribution in [0.2, 0.25) is 5.02 Å². The molecule has 4 aromatic rings. The van der Waals surface area contributed by atoms with Gasteiger partial charge in [0.1, 0.15) is 0 Å². The summed E-state index contributed by atoms with van der Waals surface area (Å²) in [7, 11) is 0. The van der Waals surface area contributed by atoms with Crippen molar-refractivity contribution in [1.82, 2.24) is 15.5 Å². The lowest BCUT2D eigenvalue weighted by molar-refractivity contribution is 0.0951. The predicted molar refractivity (Wildman–Crippen MR) is 116 cm³/mol. The molecule has 0 aliphatic heterocycles. The molecule has 0 unspecified atom stereocenters. The maximum absolute atomic E-state index is 12.7. The number of benzene rings is 3. The Kier molecular flexibility index (Phi) is 6.06. The largest absolute Gasteiger partial charge is 0.375 e. The van der Waals surface area contributed by atoms with Crippen molar-refractivity contribution in [3.63, 3.8) is 0 Å². The maximum Gasteiger partial charge on any atom is 0.253 e. The van der Waals surface area contributed by atoms with E-state index in [2.05, 4.69) is 20.8 Å². The Morgan fingerprint density at radius 3 is 2.47 bits per heavy atom. The highest BCUT2D eigenvalue weighted by Crippen LogP contribution is 2.25. The summed E-state index contributed by atoms with van der Waals surface area (Å²) in [4.78, 5) is 17.0. The number of aromatic nitrogens is 2. The lowest BCUT2D eigenvalue weighted by atomic mass is 10.1. The normalized spacial score (nSPS) is 10.6. The van der Waals surface area contributed by atoms with Gasteiger partial charge in [-0.15, -0.1) is 0 Å². The third-order valence-corrected chi connectivity index (χ3v) is 4.81. The van der Waals surface area contributed by atoms with Gasteiger partial charge in [0.25, 0.3) is 5.91 Å². The molecule has 0 saturated heterocycles. The topological polar surface area (TPSA) is 80.0 Å². The molecule has 0 radical (unpaired) electrons. The Bertz CT molecular complexity index is 1140. The molecule has 30 heavy (non-hydrogen) atoms. The standard InChI is InChI=1S/C23H19ClN4O2/c24-19-12-6-4-10-17(19)22-27-21(30-28-22)15-25-20-13-7-5-11-18(20)23(29)26-14-16-8-2-1-3-9-16/h1-13,25H,14-15H2,(H,26,29). The minimum absolute atomic E-state index is 0.163. The van der Waals surface area contributed by atoms with Crippen LogP contribution in [0.4, 0.5) is 5.69 Å². The number of amides is 1. The van der Waals surface area contributed by atoms with Gasteiger partial charge < -0.3 is 15.2 Å². The molecule has 6 nitrogen and oxygen atoms in total. The number of anilines is 1. The summed E-state index contributed by atoms with van der Waals surface area (Å²) < 4.78 is 5.32. The van der Waals surface area contributed by atoms with E-state index in [0.717, 1.165) is 5.56 Å². The number of hydrogen-bond donors (Lipinski definition) is 2. The third-order valence-electron chi connectivity index (χ3n) is 4.48. The van der Waals surface area contributed by atoms with E-state index in [9.17, 15) is 4.79 Å². The fraction of sp³-hybridized carbons (Fsp3) is 0.0870. The molecule has 1 aromatic heterocycles. The van der Waals surface area contributed by atoms with Crippen LogP contribution in [-0.4, -0.2) is 16.0 Å². The Hall–Kier alpha value is -3.64. The van der Waals surface area contributed by atoms with E-state index in [1.807, 2.05) is 66.7 Å². The van der Waals surface area contributed by atoms with Crippen LogP contribution in [0.15, 0.2) is 83.4 Å². The van der Waals surface area contributed by atoms with Gasteiger partial charge in [-0.25, -0.2) is 0 Å². The number of hydrogen-bond acceptors (Lipinski definition) is 5. The van der Waals surface area contributed by atoms with Crippen LogP contribution in [0.1, 0.15) is 21.8 Å². The minimum atomic E-state index is -0.163. The summed E-state index contributed by atoms with van der Waals surface area (Å²) in [5, 5.41) is 10.7. The summed E-state index contributed by atoms with van der Waals surface area (Å²) in [6.45, 7) is 0.735. The Labute approximate surface area is 178 Å². The summed E-state index contributed by atoms with van der Waals surface area (Å²) in [5.41, 5.74) is 2.96. The molecule has 0 atom stereocenters. The van der Waals surface area contributed by atoms with Crippen molar-refractivity contribution in [3.05, 3.63) is 101 Å². The van der Waals surface area contributed by atoms with Gasteiger partial charge in [0.05, 0.1) is 17.1 Å². The lowest BCUT2D eigenvalue weighted by Gasteiger charge is -2.11. The van der Waals surface area contributed by atoms with Crippen LogP contribution >= 0.6 is 11.6 Å². The molecule has 0 bridgehead atoms. The van der Waals surface area contributed by atoms with Crippen LogP contribution in [0, 0.1) is 0 Å². The van der Waals surface area contributed by atoms with Crippen molar-refractivity contribution in [3.8, 4) is 11.4 Å². The van der Waals surface area contributed by atoms with E-state index < -0.39 is 0 Å². The maximum atomic E-state index is 12.7. The number of carbonyl (C=O) groups excluding carboxylic acids is 1. The molecule has 3 aromatic carbocycles. The smallest absolute Gasteiger partial charge is 0.253 e. The van der Waals surface area contributed by atoms with Gasteiger partial charge >= 0.3 is 0 Å². The zero-order valence-electron chi connectivity index (χ0n) is 16.0. The van der Waals surface area contributed by atoms with Crippen molar-refractivity contribution in [2.24, 2.45) is 0 Å². The number of halogens is 1. The summed E-state index contributed by atoms with van der Waals surface area (Å²) in [5.74, 6) is 0.653. The number of para-hydroxylation sites is 1. The van der Waals surface area contributed by atoms with Crippen molar-refractivity contribution in [2.45, 2.75) is 13.1 Å². The molecule has 150 valence electrons. The number of nitrogens with one attached hydrogen (secondary N) is 2. The van der Waals surface area contributed by atoms with E-state index in [-0.39, 0.29) is 12.5 Å². The Morgan fingerprint density at radius 1 is 0.900 bits per heavy atom. The third kappa shape index (κ3) is 4.67. The molecule has 0 aliphatic carbocycles. The fourth-order valence-corrected chi connectivity index (χ4v) is 3.18. The van der Waals surface area contributed by atoms with Gasteiger partial charge in [-0.3, -0.25) is 4.79 Å². The van der Waals surface area contributed by atoms with Crippen LogP contribution < -0.4 is 10.6 Å². The first-order valence-corrected chi connectivity index (χ1v) is 9.81. The summed E-state index contributed by atoms with van der Waals surface area (Å²) in [6.07, 6.45) is 0. The van der Waals surface area contributed by atoms with E-state index in [1.165, 1.54) is 0 Å². The number of carbonyl (C=O) groups is 1. The molecular formula is C23H19ClN4O2. The number of nitrogens with zero attached hydrogens (tertiary/aromatic N) is 2. The van der Waals surface area contributed by atoms with Crippen molar-refractivity contribution >= 4 is 23.2 Å². The summed E-state index contributed by atoms with van der Waals surface area (Å²) in [6, 6.07) is 24.4. The van der Waals surface area contributed by atoms with Crippen molar-refractivity contribution in [1.29, 1.82) is 0 Å². The van der Waals surface area contributed by atoms with E-state index in [1.54, 1.807) is 12.1 Å². The highest BCUT2D eigenvalue weighted by molar-refractivity contribution is 6.33. The average molecular weight is 419 g/mol. The van der Waals surface area contributed by atoms with Gasteiger partial charge in [0.15, 0.2) is 0 Å². The van der Waals surface area contributed by atoms with Gasteiger partial charge in [-0.1, -0.05) is 71.4 Å². The van der Waals surface area contributed by atoms with Crippen molar-refractivity contribution in [2.75, 3.05) is 5.32 Å². The van der Waals surface area contributed by atoms with Gasteiger partial charge in [0.2, 0.25) is 11.7 Å². The molecule has 2 N–H and O–H groups in total. The van der Waals surface area contributed by atoms with E-state index >= 15 is 0 Å². The first kappa shape index (κ1) is 19.7. The zero-order valence-corrected chi connectivity index (χ0v) is 16.8. The van der Waals surface area contributed by atoms with Gasteiger partial charge in [-0.2, -0.15) is 4.98 Å². The number of rotatable bonds is 7. The molecule has 7 heteroatoms. The molecule has 0 aliphatic rings. The fourth-order valence-electron chi connectivity index (χ4n) is 2.96. The molecule has 0 saturated carbocycles. The quantitative estimate of drug-likeness (QED) is 0.444. The zero-order chi connectivity index (χ0) is 20.8. The second-order valence-corrected chi connectivity index (χ2v) is 6.97. The highest BCUT2D eigenvalue weighted by Gasteiger charge is 2.14. The molecule has 4 rings (SSSR count). The first-order chi connectivity index (χ1) is 14.7. The SMILES string of the molecule is O=C(NCc1ccccc1)c1ccccc1NCc1nc(-c2ccccc2Cl)no1. The second-order valence-electron chi connectivity index (χ2n) is 6.56. The Balaban J connectivity index is 1.42. The van der Waals surface area contributed by atoms with Crippen LogP contribution in [0.25, 0.3) is 11.4 Å². The van der Waals surface area contributed by atoms with Crippen LogP contribution in [-0.2, 0) is 13.1 Å². The first-order valence-electron chi connectivity index (χ1n) is 9.43. The van der Waals surface area contributed by atoms with Gasteiger partial charge in [-0.05, 0) is 29.8 Å². The lowest BCUT2D eigenvalue weighted by Crippen LogP contribution is -2.23. The second kappa shape index (κ2) is 9.24. The summed E-state index contributed by atoms with van der Waals surface area (Å²) >= 11 is 6.19. The van der Waals surface area contributed by atoms with Crippen molar-refractivity contribution < 1.29 is 9.32 Å². The van der Waals surface area contributed by atoms with E-state index in [0.29, 0.717) is 40.1 Å². The molecule has 0 spiro atoms. The molecule has 1 heterocycles. The Morgan fingerprint density at radius 2 is 1.63 bits per heavy atom. The predicted octanol–water partition coefficient (Wildman–Crippen LogP) is 4.93. The van der Waals surface area contributed by atoms with E-state index in [4.69, 9.17) is 16.1 Å². The highest BCUT2D eigenvalue weighted by atomic mass is 35.5. The molecule has 0 fully saturated rings. The molecular weight excluding hydrogens is 400 g/mol.